The predicted octanol–water partition coefficient (Wildman–Crippen LogP) is 0.763. The molecule has 0 amide bonds. The summed E-state index contributed by atoms with van der Waals surface area (Å²) >= 11 is 0. The minimum absolute atomic E-state index is 0.131. The van der Waals surface area contributed by atoms with E-state index >= 15 is 0 Å². The van der Waals surface area contributed by atoms with Gasteiger partial charge in [-0.3, -0.25) is 9.69 Å². The van der Waals surface area contributed by atoms with E-state index in [2.05, 4.69) is 10.2 Å². The summed E-state index contributed by atoms with van der Waals surface area (Å²) in [6.07, 6.45) is 4.91. The van der Waals surface area contributed by atoms with Crippen molar-refractivity contribution in [3.63, 3.8) is 0 Å². The van der Waals surface area contributed by atoms with Gasteiger partial charge in [-0.15, -0.1) is 0 Å². The summed E-state index contributed by atoms with van der Waals surface area (Å²) in [6.45, 7) is 1.93. The number of carbonyl (C=O) groups excluding carboxylic acids is 1. The number of methoxy groups -OCH3 is 1. The first-order valence-corrected chi connectivity index (χ1v) is 6.17. The highest BCUT2D eigenvalue weighted by atomic mass is 16.5. The molecule has 2 saturated heterocycles. The zero-order chi connectivity index (χ0) is 11.7. The molecule has 2 fully saturated rings. The van der Waals surface area contributed by atoms with Crippen LogP contribution in [-0.4, -0.2) is 49.2 Å². The molecular formula is C12H22N2O2. The first-order chi connectivity index (χ1) is 7.61. The fourth-order valence-electron chi connectivity index (χ4n) is 3.01. The van der Waals surface area contributed by atoms with Crippen LogP contribution in [0.3, 0.4) is 0 Å². The number of rotatable bonds is 3. The molecule has 0 aromatic heterocycles. The van der Waals surface area contributed by atoms with Gasteiger partial charge in [0.15, 0.2) is 0 Å². The van der Waals surface area contributed by atoms with Gasteiger partial charge in [0, 0.05) is 18.1 Å². The molecule has 0 saturated carbocycles. The lowest BCUT2D eigenvalue weighted by Gasteiger charge is -2.37. The van der Waals surface area contributed by atoms with E-state index in [1.807, 2.05) is 14.0 Å². The molecule has 2 aliphatic heterocycles. The zero-order valence-electron chi connectivity index (χ0n) is 10.4. The Bertz CT molecular complexity index is 258. The van der Waals surface area contributed by atoms with Crippen molar-refractivity contribution in [1.82, 2.24) is 10.2 Å². The van der Waals surface area contributed by atoms with E-state index in [9.17, 15) is 4.79 Å². The van der Waals surface area contributed by atoms with Crippen molar-refractivity contribution in [2.75, 3.05) is 14.2 Å². The molecule has 0 aromatic rings. The van der Waals surface area contributed by atoms with Gasteiger partial charge in [-0.1, -0.05) is 0 Å². The van der Waals surface area contributed by atoms with Gasteiger partial charge in [0.2, 0.25) is 0 Å². The molecule has 4 nitrogen and oxygen atoms in total. The molecule has 0 radical (unpaired) electrons. The van der Waals surface area contributed by atoms with E-state index in [1.54, 1.807) is 0 Å². The van der Waals surface area contributed by atoms with Crippen LogP contribution < -0.4 is 5.32 Å². The average molecular weight is 226 g/mol. The Morgan fingerprint density at radius 2 is 1.94 bits per heavy atom. The fourth-order valence-corrected chi connectivity index (χ4v) is 3.01. The van der Waals surface area contributed by atoms with Gasteiger partial charge >= 0.3 is 5.97 Å². The standard InChI is InChI=1S/C12H22N2O2/c1-8(12(15)16-3)14(2)11-6-9-4-5-10(7-11)13-9/h8-11,13H,4-7H2,1-3H3. The number of nitrogens with zero attached hydrogens (tertiary/aromatic N) is 1. The van der Waals surface area contributed by atoms with Crippen LogP contribution in [0.15, 0.2) is 0 Å². The molecule has 2 aliphatic rings. The van der Waals surface area contributed by atoms with E-state index in [4.69, 9.17) is 4.74 Å². The van der Waals surface area contributed by atoms with Crippen molar-refractivity contribution in [3.05, 3.63) is 0 Å². The molecule has 2 heterocycles. The third-order valence-corrected chi connectivity index (χ3v) is 4.18. The highest BCUT2D eigenvalue weighted by molar-refractivity contribution is 5.75. The predicted molar refractivity (Wildman–Crippen MR) is 62.2 cm³/mol. The number of carbonyl (C=O) groups is 1. The van der Waals surface area contributed by atoms with E-state index < -0.39 is 0 Å². The Morgan fingerprint density at radius 1 is 1.38 bits per heavy atom. The van der Waals surface area contributed by atoms with Crippen LogP contribution in [0.4, 0.5) is 0 Å². The average Bonchev–Trinajstić information content (AvgIpc) is 2.65. The Kier molecular flexibility index (Phi) is 3.50. The second kappa shape index (κ2) is 4.72. The van der Waals surface area contributed by atoms with Gasteiger partial charge in [0.25, 0.3) is 0 Å². The maximum Gasteiger partial charge on any atom is 0.322 e. The Balaban J connectivity index is 1.94. The topological polar surface area (TPSA) is 41.6 Å². The summed E-state index contributed by atoms with van der Waals surface area (Å²) in [7, 11) is 3.50. The monoisotopic (exact) mass is 226 g/mol. The largest absolute Gasteiger partial charge is 0.468 e. The molecule has 3 atom stereocenters. The number of piperidine rings is 1. The third kappa shape index (κ3) is 2.23. The van der Waals surface area contributed by atoms with Crippen LogP contribution >= 0.6 is 0 Å². The van der Waals surface area contributed by atoms with Crippen molar-refractivity contribution in [3.8, 4) is 0 Å². The molecule has 2 rings (SSSR count). The summed E-state index contributed by atoms with van der Waals surface area (Å²) in [5.41, 5.74) is 0. The minimum Gasteiger partial charge on any atom is -0.468 e. The van der Waals surface area contributed by atoms with Crippen molar-refractivity contribution in [2.45, 2.75) is 56.8 Å². The molecule has 0 spiro atoms. The molecule has 4 heteroatoms. The molecule has 2 bridgehead atoms. The first-order valence-electron chi connectivity index (χ1n) is 6.17. The van der Waals surface area contributed by atoms with Crippen molar-refractivity contribution >= 4 is 5.97 Å². The summed E-state index contributed by atoms with van der Waals surface area (Å²) in [5.74, 6) is -0.131. The molecular weight excluding hydrogens is 204 g/mol. The van der Waals surface area contributed by atoms with E-state index in [0.717, 1.165) is 12.8 Å². The normalized spacial score (nSPS) is 35.1. The Labute approximate surface area is 97.3 Å². The lowest BCUT2D eigenvalue weighted by molar-refractivity contribution is -0.146. The lowest BCUT2D eigenvalue weighted by Crippen LogP contribution is -2.51. The van der Waals surface area contributed by atoms with Gasteiger partial charge in [-0.25, -0.2) is 0 Å². The number of fused-ring (bicyclic) bond motifs is 2. The number of nitrogens with one attached hydrogen (secondary N) is 1. The summed E-state index contributed by atoms with van der Waals surface area (Å²) < 4.78 is 4.80. The molecule has 0 aliphatic carbocycles. The van der Waals surface area contributed by atoms with Gasteiger partial charge in [-0.05, 0) is 39.7 Å². The number of hydrogen-bond acceptors (Lipinski definition) is 4. The summed E-state index contributed by atoms with van der Waals surface area (Å²) in [6, 6.07) is 1.72. The lowest BCUT2D eigenvalue weighted by atomic mass is 9.97. The Hall–Kier alpha value is -0.610. The number of esters is 1. The van der Waals surface area contributed by atoms with Crippen LogP contribution in [-0.2, 0) is 9.53 Å². The Morgan fingerprint density at radius 3 is 2.44 bits per heavy atom. The third-order valence-electron chi connectivity index (χ3n) is 4.18. The van der Waals surface area contributed by atoms with Crippen molar-refractivity contribution < 1.29 is 9.53 Å². The van der Waals surface area contributed by atoms with Crippen LogP contribution in [0.1, 0.15) is 32.6 Å². The number of likely N-dealkylation sites (N-methyl/N-ethyl adjacent to an activating group) is 1. The SMILES string of the molecule is COC(=O)C(C)N(C)C1CC2CCC(C1)N2. The van der Waals surface area contributed by atoms with Gasteiger partial charge in [0.1, 0.15) is 6.04 Å². The van der Waals surface area contributed by atoms with Crippen LogP contribution in [0.25, 0.3) is 0 Å². The van der Waals surface area contributed by atoms with Gasteiger partial charge < -0.3 is 10.1 Å². The number of hydrogen-bond donors (Lipinski definition) is 1. The minimum atomic E-state index is -0.132. The second-order valence-electron chi connectivity index (χ2n) is 5.13. The summed E-state index contributed by atoms with van der Waals surface area (Å²) in [5, 5.41) is 3.61. The van der Waals surface area contributed by atoms with Crippen LogP contribution in [0.2, 0.25) is 0 Å². The van der Waals surface area contributed by atoms with E-state index in [1.165, 1.54) is 20.0 Å². The maximum atomic E-state index is 11.5. The maximum absolute atomic E-state index is 11.5. The highest BCUT2D eigenvalue weighted by Gasteiger charge is 2.37. The zero-order valence-corrected chi connectivity index (χ0v) is 10.4. The summed E-state index contributed by atoms with van der Waals surface area (Å²) in [4.78, 5) is 13.7. The van der Waals surface area contributed by atoms with Crippen molar-refractivity contribution in [2.24, 2.45) is 0 Å². The first kappa shape index (κ1) is 11.9. The smallest absolute Gasteiger partial charge is 0.322 e. The van der Waals surface area contributed by atoms with Crippen LogP contribution in [0.5, 0.6) is 0 Å². The van der Waals surface area contributed by atoms with Gasteiger partial charge in [-0.2, -0.15) is 0 Å². The fraction of sp³-hybridized carbons (Fsp3) is 0.917. The highest BCUT2D eigenvalue weighted by Crippen LogP contribution is 2.29. The molecule has 0 aromatic carbocycles. The second-order valence-corrected chi connectivity index (χ2v) is 5.13. The van der Waals surface area contributed by atoms with Crippen LogP contribution in [0, 0.1) is 0 Å². The quantitative estimate of drug-likeness (QED) is 0.722. The number of ether oxygens (including phenoxy) is 1. The van der Waals surface area contributed by atoms with Gasteiger partial charge in [0.05, 0.1) is 7.11 Å². The van der Waals surface area contributed by atoms with E-state index in [-0.39, 0.29) is 12.0 Å². The molecule has 16 heavy (non-hydrogen) atoms. The van der Waals surface area contributed by atoms with E-state index in [0.29, 0.717) is 18.1 Å². The molecule has 92 valence electrons. The van der Waals surface area contributed by atoms with Crippen molar-refractivity contribution in [1.29, 1.82) is 0 Å². The molecule has 3 unspecified atom stereocenters. The molecule has 1 N–H and O–H groups in total.